The predicted molar refractivity (Wildman–Crippen MR) is 75.5 cm³/mol. The molecule has 5 nitrogen and oxygen atoms in total. The minimum Gasteiger partial charge on any atom is -0.326 e. The van der Waals surface area contributed by atoms with Crippen LogP contribution in [0.4, 0.5) is 5.69 Å². The van der Waals surface area contributed by atoms with E-state index in [-0.39, 0.29) is 16.7 Å². The van der Waals surface area contributed by atoms with E-state index in [1.54, 1.807) is 19.1 Å². The molecular formula is C14H18N2O3S. The summed E-state index contributed by atoms with van der Waals surface area (Å²) in [4.78, 5) is 12.2. The van der Waals surface area contributed by atoms with Gasteiger partial charge in [-0.05, 0) is 55.4 Å². The van der Waals surface area contributed by atoms with Gasteiger partial charge in [0.1, 0.15) is 0 Å². The molecule has 2 fully saturated rings. The predicted octanol–water partition coefficient (Wildman–Crippen LogP) is 1.63. The molecule has 0 spiro atoms. The van der Waals surface area contributed by atoms with E-state index in [4.69, 9.17) is 5.14 Å². The molecule has 2 aliphatic carbocycles. The molecule has 0 radical (unpaired) electrons. The van der Waals surface area contributed by atoms with Crippen molar-refractivity contribution in [3.63, 3.8) is 0 Å². The van der Waals surface area contributed by atoms with Gasteiger partial charge in [0.05, 0.1) is 4.90 Å². The third kappa shape index (κ3) is 2.33. The molecule has 0 heterocycles. The molecule has 0 aromatic heterocycles. The van der Waals surface area contributed by atoms with Crippen LogP contribution in [-0.2, 0) is 14.8 Å². The Hall–Kier alpha value is -1.40. The molecule has 20 heavy (non-hydrogen) atoms. The molecule has 3 rings (SSSR count). The highest BCUT2D eigenvalue weighted by molar-refractivity contribution is 7.89. The van der Waals surface area contributed by atoms with Gasteiger partial charge in [0.15, 0.2) is 0 Å². The molecule has 0 aliphatic heterocycles. The molecule has 1 aromatic rings. The van der Waals surface area contributed by atoms with E-state index in [0.717, 1.165) is 12.8 Å². The number of nitrogens with two attached hydrogens (primary N) is 1. The van der Waals surface area contributed by atoms with Gasteiger partial charge >= 0.3 is 0 Å². The second-order valence-electron chi connectivity index (χ2n) is 5.80. The van der Waals surface area contributed by atoms with Crippen molar-refractivity contribution in [2.75, 3.05) is 5.32 Å². The minimum atomic E-state index is -3.71. The van der Waals surface area contributed by atoms with E-state index in [9.17, 15) is 13.2 Å². The van der Waals surface area contributed by atoms with Gasteiger partial charge in [-0.1, -0.05) is 6.42 Å². The number of aryl methyl sites for hydroxylation is 1. The van der Waals surface area contributed by atoms with Gasteiger partial charge in [0, 0.05) is 11.6 Å². The van der Waals surface area contributed by atoms with Gasteiger partial charge < -0.3 is 5.32 Å². The number of carbonyl (C=O) groups excluding carboxylic acids is 1. The number of fused-ring (bicyclic) bond motifs is 1. The lowest BCUT2D eigenvalue weighted by molar-refractivity contribution is -0.118. The number of anilines is 1. The molecule has 1 aromatic carbocycles. The normalized spacial score (nSPS) is 28.0. The fraction of sp³-hybridized carbons (Fsp3) is 0.500. The summed E-state index contributed by atoms with van der Waals surface area (Å²) in [6, 6.07) is 4.67. The summed E-state index contributed by atoms with van der Waals surface area (Å²) < 4.78 is 22.7. The molecule has 6 heteroatoms. The number of rotatable bonds is 3. The van der Waals surface area contributed by atoms with E-state index in [2.05, 4.69) is 5.32 Å². The van der Waals surface area contributed by atoms with Crippen LogP contribution in [0.1, 0.15) is 24.8 Å². The molecule has 108 valence electrons. The molecule has 2 unspecified atom stereocenters. The number of primary sulfonamides is 1. The summed E-state index contributed by atoms with van der Waals surface area (Å²) in [6.45, 7) is 1.67. The van der Waals surface area contributed by atoms with Crippen molar-refractivity contribution in [2.45, 2.75) is 31.1 Å². The summed E-state index contributed by atoms with van der Waals surface area (Å²) in [5.74, 6) is 1.35. The molecule has 2 saturated carbocycles. The lowest BCUT2D eigenvalue weighted by Crippen LogP contribution is -2.17. The highest BCUT2D eigenvalue weighted by Gasteiger charge is 2.56. The average molecular weight is 294 g/mol. The summed E-state index contributed by atoms with van der Waals surface area (Å²) >= 11 is 0. The summed E-state index contributed by atoms with van der Waals surface area (Å²) in [7, 11) is -3.71. The molecular weight excluding hydrogens is 276 g/mol. The van der Waals surface area contributed by atoms with Crippen molar-refractivity contribution in [1.29, 1.82) is 0 Å². The first-order valence-electron chi connectivity index (χ1n) is 6.82. The van der Waals surface area contributed by atoms with E-state index >= 15 is 0 Å². The fourth-order valence-electron chi connectivity index (χ4n) is 3.48. The topological polar surface area (TPSA) is 89.3 Å². The lowest BCUT2D eigenvalue weighted by atomic mass is 10.1. The standard InChI is InChI=1S/C14H18N2O3S/c1-8-7-9(5-6-12(8)20(15,18)19)16-14(17)13-10-3-2-4-11(10)13/h5-7,10-11,13H,2-4H2,1H3,(H,16,17)(H2,15,18,19). The molecule has 2 atom stereocenters. The van der Waals surface area contributed by atoms with Crippen LogP contribution in [0.15, 0.2) is 23.1 Å². The van der Waals surface area contributed by atoms with Crippen LogP contribution < -0.4 is 10.5 Å². The Bertz CT molecular complexity index is 659. The van der Waals surface area contributed by atoms with Crippen molar-refractivity contribution < 1.29 is 13.2 Å². The fourth-order valence-corrected chi connectivity index (χ4v) is 4.25. The van der Waals surface area contributed by atoms with E-state index < -0.39 is 10.0 Å². The maximum atomic E-state index is 12.1. The van der Waals surface area contributed by atoms with Crippen LogP contribution in [0.2, 0.25) is 0 Å². The Balaban J connectivity index is 1.72. The average Bonchev–Trinajstić information content (AvgIpc) is 2.82. The molecule has 1 amide bonds. The molecule has 0 bridgehead atoms. The van der Waals surface area contributed by atoms with Crippen molar-refractivity contribution in [2.24, 2.45) is 22.9 Å². The number of nitrogens with one attached hydrogen (secondary N) is 1. The number of benzene rings is 1. The third-order valence-corrected chi connectivity index (χ3v) is 5.53. The smallest absolute Gasteiger partial charge is 0.238 e. The van der Waals surface area contributed by atoms with Crippen LogP contribution in [0.25, 0.3) is 0 Å². The highest BCUT2D eigenvalue weighted by atomic mass is 32.2. The van der Waals surface area contributed by atoms with Gasteiger partial charge in [-0.3, -0.25) is 4.79 Å². The Labute approximate surface area is 118 Å². The summed E-state index contributed by atoms with van der Waals surface area (Å²) in [5, 5.41) is 7.99. The lowest BCUT2D eigenvalue weighted by Gasteiger charge is -2.09. The van der Waals surface area contributed by atoms with E-state index in [0.29, 0.717) is 23.1 Å². The molecule has 2 aliphatic rings. The third-order valence-electron chi connectivity index (χ3n) is 4.46. The van der Waals surface area contributed by atoms with Crippen LogP contribution in [0.3, 0.4) is 0 Å². The first-order chi connectivity index (χ1) is 9.38. The van der Waals surface area contributed by atoms with E-state index in [1.165, 1.54) is 12.5 Å². The van der Waals surface area contributed by atoms with Gasteiger partial charge in [-0.2, -0.15) is 0 Å². The summed E-state index contributed by atoms with van der Waals surface area (Å²) in [5.41, 5.74) is 1.17. The zero-order valence-corrected chi connectivity index (χ0v) is 12.1. The minimum absolute atomic E-state index is 0.0578. The quantitative estimate of drug-likeness (QED) is 0.887. The number of hydrogen-bond acceptors (Lipinski definition) is 3. The zero-order chi connectivity index (χ0) is 14.5. The van der Waals surface area contributed by atoms with Gasteiger partial charge in [-0.15, -0.1) is 0 Å². The largest absolute Gasteiger partial charge is 0.326 e. The Morgan fingerprint density at radius 3 is 2.50 bits per heavy atom. The maximum absolute atomic E-state index is 12.1. The van der Waals surface area contributed by atoms with Crippen molar-refractivity contribution in [3.8, 4) is 0 Å². The first kappa shape index (κ1) is 13.6. The highest BCUT2D eigenvalue weighted by Crippen LogP contribution is 2.57. The van der Waals surface area contributed by atoms with Crippen LogP contribution in [-0.4, -0.2) is 14.3 Å². The SMILES string of the molecule is Cc1cc(NC(=O)C2C3CCCC32)ccc1S(N)(=O)=O. The number of carbonyl (C=O) groups is 1. The molecule has 0 saturated heterocycles. The number of amides is 1. The monoisotopic (exact) mass is 294 g/mol. The van der Waals surface area contributed by atoms with Gasteiger partial charge in [-0.25, -0.2) is 13.6 Å². The van der Waals surface area contributed by atoms with Crippen LogP contribution >= 0.6 is 0 Å². The Morgan fingerprint density at radius 1 is 1.30 bits per heavy atom. The molecule has 3 N–H and O–H groups in total. The second-order valence-corrected chi connectivity index (χ2v) is 7.33. The first-order valence-corrected chi connectivity index (χ1v) is 8.37. The Morgan fingerprint density at radius 2 is 1.95 bits per heavy atom. The van der Waals surface area contributed by atoms with Gasteiger partial charge in [0.2, 0.25) is 15.9 Å². The van der Waals surface area contributed by atoms with Crippen LogP contribution in [0, 0.1) is 24.7 Å². The van der Waals surface area contributed by atoms with Crippen molar-refractivity contribution in [3.05, 3.63) is 23.8 Å². The number of hydrogen-bond donors (Lipinski definition) is 2. The van der Waals surface area contributed by atoms with Crippen molar-refractivity contribution in [1.82, 2.24) is 0 Å². The number of sulfonamides is 1. The van der Waals surface area contributed by atoms with Crippen molar-refractivity contribution >= 4 is 21.6 Å². The van der Waals surface area contributed by atoms with E-state index in [1.807, 2.05) is 0 Å². The van der Waals surface area contributed by atoms with Gasteiger partial charge in [0.25, 0.3) is 0 Å². The zero-order valence-electron chi connectivity index (χ0n) is 11.3. The summed E-state index contributed by atoms with van der Waals surface area (Å²) in [6.07, 6.45) is 3.56. The second kappa shape index (κ2) is 4.56. The Kier molecular flexibility index (Phi) is 3.10. The maximum Gasteiger partial charge on any atom is 0.238 e. The van der Waals surface area contributed by atoms with Crippen LogP contribution in [0.5, 0.6) is 0 Å².